The molecule has 0 amide bonds. The van der Waals surface area contributed by atoms with E-state index in [9.17, 15) is 0 Å². The molecule has 4 rings (SSSR count). The summed E-state index contributed by atoms with van der Waals surface area (Å²) in [5.74, 6) is 2.16. The number of piperazine rings is 1. The molecule has 1 aliphatic rings. The molecule has 1 fully saturated rings. The monoisotopic (exact) mass is 350 g/mol. The number of hydrogen-bond donors (Lipinski definition) is 1. The second-order valence-corrected chi connectivity index (χ2v) is 6.31. The predicted molar refractivity (Wildman–Crippen MR) is 98.7 cm³/mol. The van der Waals surface area contributed by atoms with Crippen molar-refractivity contribution in [3.63, 3.8) is 0 Å². The molecule has 2 aromatic carbocycles. The summed E-state index contributed by atoms with van der Waals surface area (Å²) in [7, 11) is 1.71. The maximum absolute atomic E-state index is 5.55. The number of para-hydroxylation sites is 1. The lowest BCUT2D eigenvalue weighted by molar-refractivity contribution is 0.133. The smallest absolute Gasteiger partial charge is 0.241 e. The van der Waals surface area contributed by atoms with Crippen molar-refractivity contribution in [2.24, 2.45) is 0 Å². The number of methoxy groups -OCH3 is 1. The van der Waals surface area contributed by atoms with Crippen LogP contribution in [0.1, 0.15) is 17.5 Å². The standard InChI is InChI=1S/C20H22N4O2/c1-25-18-10-6-5-9-16(18)17-13-21-11-12-24(17)14-19-22-20(23-26-19)15-7-3-2-4-8-15/h2-10,17,21H,11-14H2,1H3. The minimum absolute atomic E-state index is 0.201. The maximum Gasteiger partial charge on any atom is 0.241 e. The molecule has 0 saturated carbocycles. The van der Waals surface area contributed by atoms with E-state index < -0.39 is 0 Å². The number of rotatable bonds is 5. The maximum atomic E-state index is 5.55. The first-order valence-corrected chi connectivity index (χ1v) is 8.81. The van der Waals surface area contributed by atoms with Crippen LogP contribution in [-0.2, 0) is 6.54 Å². The first kappa shape index (κ1) is 16.8. The molecule has 26 heavy (non-hydrogen) atoms. The highest BCUT2D eigenvalue weighted by Gasteiger charge is 2.27. The summed E-state index contributed by atoms with van der Waals surface area (Å²) in [6.45, 7) is 3.32. The van der Waals surface area contributed by atoms with Gasteiger partial charge in [0.25, 0.3) is 0 Å². The molecular formula is C20H22N4O2. The summed E-state index contributed by atoms with van der Waals surface area (Å²) in [6.07, 6.45) is 0. The topological polar surface area (TPSA) is 63.4 Å². The number of nitrogens with zero attached hydrogens (tertiary/aromatic N) is 3. The van der Waals surface area contributed by atoms with Crippen molar-refractivity contribution < 1.29 is 9.26 Å². The van der Waals surface area contributed by atoms with Crippen LogP contribution in [0.15, 0.2) is 59.1 Å². The molecule has 6 heteroatoms. The normalized spacial score (nSPS) is 18.0. The van der Waals surface area contributed by atoms with Crippen LogP contribution in [0.5, 0.6) is 5.75 Å². The van der Waals surface area contributed by atoms with Crippen molar-refractivity contribution in [3.05, 3.63) is 66.1 Å². The van der Waals surface area contributed by atoms with Crippen molar-refractivity contribution in [2.45, 2.75) is 12.6 Å². The first-order valence-electron chi connectivity index (χ1n) is 8.81. The van der Waals surface area contributed by atoms with Gasteiger partial charge in [0.1, 0.15) is 5.75 Å². The van der Waals surface area contributed by atoms with Crippen molar-refractivity contribution in [2.75, 3.05) is 26.7 Å². The van der Waals surface area contributed by atoms with E-state index in [1.807, 2.05) is 48.5 Å². The summed E-state index contributed by atoms with van der Waals surface area (Å²) < 4.78 is 11.1. The number of aromatic nitrogens is 2. The summed E-state index contributed by atoms with van der Waals surface area (Å²) >= 11 is 0. The van der Waals surface area contributed by atoms with E-state index in [4.69, 9.17) is 9.26 Å². The Morgan fingerprint density at radius 2 is 1.96 bits per heavy atom. The molecule has 1 saturated heterocycles. The fourth-order valence-electron chi connectivity index (χ4n) is 3.38. The van der Waals surface area contributed by atoms with E-state index >= 15 is 0 Å². The molecule has 0 spiro atoms. The van der Waals surface area contributed by atoms with E-state index in [1.165, 1.54) is 5.56 Å². The van der Waals surface area contributed by atoms with Crippen molar-refractivity contribution in [3.8, 4) is 17.1 Å². The highest BCUT2D eigenvalue weighted by atomic mass is 16.5. The van der Waals surface area contributed by atoms with Gasteiger partial charge in [0.2, 0.25) is 11.7 Å². The van der Waals surface area contributed by atoms with Crippen LogP contribution in [0.2, 0.25) is 0 Å². The fraction of sp³-hybridized carbons (Fsp3) is 0.300. The van der Waals surface area contributed by atoms with E-state index in [0.717, 1.165) is 30.9 Å². The van der Waals surface area contributed by atoms with E-state index in [0.29, 0.717) is 18.3 Å². The molecular weight excluding hydrogens is 328 g/mol. The highest BCUT2D eigenvalue weighted by molar-refractivity contribution is 5.53. The Labute approximate surface area is 152 Å². The van der Waals surface area contributed by atoms with E-state index in [-0.39, 0.29) is 6.04 Å². The Kier molecular flexibility index (Phi) is 4.95. The third-order valence-corrected chi connectivity index (χ3v) is 4.69. The predicted octanol–water partition coefficient (Wildman–Crippen LogP) is 2.89. The van der Waals surface area contributed by atoms with Crippen molar-refractivity contribution in [1.29, 1.82) is 0 Å². The van der Waals surface area contributed by atoms with Gasteiger partial charge in [0.05, 0.1) is 19.7 Å². The summed E-state index contributed by atoms with van der Waals surface area (Å²) in [5.41, 5.74) is 2.13. The van der Waals surface area contributed by atoms with Gasteiger partial charge in [0.15, 0.2) is 0 Å². The molecule has 2 heterocycles. The zero-order valence-electron chi connectivity index (χ0n) is 14.8. The minimum atomic E-state index is 0.201. The Hall–Kier alpha value is -2.70. The molecule has 0 radical (unpaired) electrons. The van der Waals surface area contributed by atoms with Crippen LogP contribution in [0, 0.1) is 0 Å². The van der Waals surface area contributed by atoms with Gasteiger partial charge < -0.3 is 14.6 Å². The van der Waals surface area contributed by atoms with E-state index in [2.05, 4.69) is 26.4 Å². The van der Waals surface area contributed by atoms with Gasteiger partial charge in [-0.05, 0) is 6.07 Å². The molecule has 1 aromatic heterocycles. The van der Waals surface area contributed by atoms with Crippen molar-refractivity contribution >= 4 is 0 Å². The molecule has 1 aliphatic heterocycles. The largest absolute Gasteiger partial charge is 0.496 e. The van der Waals surface area contributed by atoms with Gasteiger partial charge in [-0.3, -0.25) is 4.90 Å². The fourth-order valence-corrected chi connectivity index (χ4v) is 3.38. The average Bonchev–Trinajstić information content (AvgIpc) is 3.18. The van der Waals surface area contributed by atoms with Crippen LogP contribution >= 0.6 is 0 Å². The van der Waals surface area contributed by atoms with Crippen LogP contribution in [0.25, 0.3) is 11.4 Å². The molecule has 1 unspecified atom stereocenters. The van der Waals surface area contributed by atoms with Gasteiger partial charge in [-0.15, -0.1) is 0 Å². The lowest BCUT2D eigenvalue weighted by Crippen LogP contribution is -2.45. The van der Waals surface area contributed by atoms with Gasteiger partial charge in [-0.25, -0.2) is 0 Å². The minimum Gasteiger partial charge on any atom is -0.496 e. The second-order valence-electron chi connectivity index (χ2n) is 6.31. The van der Waals surface area contributed by atoms with Gasteiger partial charge in [0, 0.05) is 30.8 Å². The van der Waals surface area contributed by atoms with Crippen LogP contribution in [0.4, 0.5) is 0 Å². The Morgan fingerprint density at radius 1 is 1.15 bits per heavy atom. The molecule has 1 N–H and O–H groups in total. The molecule has 6 nitrogen and oxygen atoms in total. The summed E-state index contributed by atoms with van der Waals surface area (Å²) in [6, 6.07) is 18.2. The third-order valence-electron chi connectivity index (χ3n) is 4.69. The zero-order chi connectivity index (χ0) is 17.8. The third kappa shape index (κ3) is 3.47. The SMILES string of the molecule is COc1ccccc1C1CNCCN1Cc1nc(-c2ccccc2)no1. The van der Waals surface area contributed by atoms with Gasteiger partial charge >= 0.3 is 0 Å². The van der Waals surface area contributed by atoms with Crippen LogP contribution in [-0.4, -0.2) is 41.8 Å². The Balaban J connectivity index is 1.55. The van der Waals surface area contributed by atoms with Crippen LogP contribution in [0.3, 0.4) is 0 Å². The molecule has 3 aromatic rings. The first-order chi connectivity index (χ1) is 12.8. The zero-order valence-corrected chi connectivity index (χ0v) is 14.8. The quantitative estimate of drug-likeness (QED) is 0.763. The lowest BCUT2D eigenvalue weighted by atomic mass is 10.0. The Morgan fingerprint density at radius 3 is 2.81 bits per heavy atom. The van der Waals surface area contributed by atoms with Gasteiger partial charge in [-0.1, -0.05) is 53.7 Å². The summed E-state index contributed by atoms with van der Waals surface area (Å²) in [5, 5.41) is 7.60. The number of nitrogens with one attached hydrogen (secondary N) is 1. The lowest BCUT2D eigenvalue weighted by Gasteiger charge is -2.36. The second kappa shape index (κ2) is 7.68. The summed E-state index contributed by atoms with van der Waals surface area (Å²) in [4.78, 5) is 6.93. The molecule has 134 valence electrons. The number of benzene rings is 2. The number of hydrogen-bond acceptors (Lipinski definition) is 6. The number of ether oxygens (including phenoxy) is 1. The molecule has 0 bridgehead atoms. The molecule has 0 aliphatic carbocycles. The average molecular weight is 350 g/mol. The van der Waals surface area contributed by atoms with Crippen LogP contribution < -0.4 is 10.1 Å². The highest BCUT2D eigenvalue weighted by Crippen LogP contribution is 2.31. The Bertz CT molecular complexity index is 850. The van der Waals surface area contributed by atoms with Gasteiger partial charge in [-0.2, -0.15) is 4.98 Å². The van der Waals surface area contributed by atoms with Crippen molar-refractivity contribution in [1.82, 2.24) is 20.4 Å². The molecule has 1 atom stereocenters. The van der Waals surface area contributed by atoms with E-state index in [1.54, 1.807) is 7.11 Å².